The summed E-state index contributed by atoms with van der Waals surface area (Å²) >= 11 is 0. The Bertz CT molecular complexity index is 1500. The summed E-state index contributed by atoms with van der Waals surface area (Å²) in [4.78, 5) is 37.0. The van der Waals surface area contributed by atoms with Crippen molar-refractivity contribution in [3.05, 3.63) is 46.6 Å². The Morgan fingerprint density at radius 3 is 2.33 bits per heavy atom. The van der Waals surface area contributed by atoms with Gasteiger partial charge in [0.2, 0.25) is 11.6 Å². The minimum Gasteiger partial charge on any atom is -0.339 e. The maximum Gasteiger partial charge on any atom is 0.233 e. The quantitative estimate of drug-likeness (QED) is 0.326. The summed E-state index contributed by atoms with van der Waals surface area (Å²) in [6.07, 6.45) is 15.5. The van der Waals surface area contributed by atoms with Crippen molar-refractivity contribution in [2.75, 3.05) is 0 Å². The number of hydrogen-bond acceptors (Lipinski definition) is 5. The summed E-state index contributed by atoms with van der Waals surface area (Å²) < 4.78 is 6.21. The van der Waals surface area contributed by atoms with Crippen molar-refractivity contribution in [2.24, 2.45) is 44.8 Å². The lowest BCUT2D eigenvalue weighted by atomic mass is 9.34. The Kier molecular flexibility index (Phi) is 6.11. The molecule has 6 heteroatoms. The highest BCUT2D eigenvalue weighted by molar-refractivity contribution is 6.03. The molecule has 6 nitrogen and oxygen atoms in total. The van der Waals surface area contributed by atoms with E-state index in [-0.39, 0.29) is 56.7 Å². The van der Waals surface area contributed by atoms with Crippen LogP contribution in [0.1, 0.15) is 137 Å². The van der Waals surface area contributed by atoms with E-state index in [2.05, 4.69) is 44.6 Å². The molecule has 0 amide bonds. The van der Waals surface area contributed by atoms with Crippen LogP contribution >= 0.6 is 0 Å². The molecular weight excluding hydrogens is 534 g/mol. The monoisotopic (exact) mass is 583 g/mol. The SMILES string of the molecule is [C-]#[N+]C1=C[C@]2(C)C3=CC(=O)[C@@H]4[C@@H]5CC(C)(C)CC[C@]5(c5nc(C6CCCC6)no5)CC[C@@]4(C)[C@]3(C)CC[C@H]2C(C)(C)C1=O. The molecule has 6 aliphatic rings. The standard InChI is InChI=1S/C37H49N3O3/c1-32(2)15-17-37(31-39-30(40-43-31)22-11-9-10-12-22)18-16-36(7)28(23(37)20-32)25(41)19-27-34(5)21-24(38-8)29(42)33(3,4)26(34)13-14-35(27,36)6/h19,21-23,26,28H,9-18,20H2,1-7H3/t23-,26-,28-,34-,35+,36+,37-/m0/s1. The van der Waals surface area contributed by atoms with Gasteiger partial charge in [-0.2, -0.15) is 4.98 Å². The Hall–Kier alpha value is -2.55. The number of nitrogens with zero attached hydrogens (tertiary/aromatic N) is 3. The van der Waals surface area contributed by atoms with Gasteiger partial charge in [0.25, 0.3) is 0 Å². The third kappa shape index (κ3) is 3.69. The van der Waals surface area contributed by atoms with Gasteiger partial charge in [0.05, 0.1) is 12.0 Å². The van der Waals surface area contributed by atoms with Crippen LogP contribution in [0.4, 0.5) is 0 Å². The molecule has 1 aromatic rings. The normalized spacial score (nSPS) is 43.4. The Morgan fingerprint density at radius 1 is 0.930 bits per heavy atom. The number of rotatable bonds is 2. The van der Waals surface area contributed by atoms with E-state index in [0.717, 1.165) is 75.1 Å². The number of allylic oxidation sites excluding steroid dienone is 4. The molecule has 0 spiro atoms. The van der Waals surface area contributed by atoms with E-state index in [0.29, 0.717) is 5.92 Å². The van der Waals surface area contributed by atoms with Crippen molar-refractivity contribution in [1.29, 1.82) is 0 Å². The fraction of sp³-hybridized carbons (Fsp3) is 0.757. The van der Waals surface area contributed by atoms with Gasteiger partial charge in [-0.1, -0.05) is 78.1 Å². The number of carbonyl (C=O) groups is 2. The number of fused-ring (bicyclic) bond motifs is 7. The highest BCUT2D eigenvalue weighted by Gasteiger charge is 2.70. The number of aromatic nitrogens is 2. The zero-order valence-electron chi connectivity index (χ0n) is 27.3. The van der Waals surface area contributed by atoms with E-state index >= 15 is 0 Å². The topological polar surface area (TPSA) is 77.4 Å². The van der Waals surface area contributed by atoms with Crippen molar-refractivity contribution in [2.45, 2.75) is 130 Å². The molecule has 6 aliphatic carbocycles. The number of ketones is 2. The molecule has 43 heavy (non-hydrogen) atoms. The highest BCUT2D eigenvalue weighted by Crippen LogP contribution is 2.74. The number of Topliss-reactive ketones (excluding diaryl/α,β-unsaturated/α-hetero) is 1. The third-order valence-corrected chi connectivity index (χ3v) is 14.4. The average Bonchev–Trinajstić information content (AvgIpc) is 3.65. The lowest BCUT2D eigenvalue weighted by Gasteiger charge is -2.69. The second kappa shape index (κ2) is 9.01. The Labute approximate surface area is 257 Å². The van der Waals surface area contributed by atoms with E-state index in [1.54, 1.807) is 0 Å². The van der Waals surface area contributed by atoms with Gasteiger partial charge in [-0.05, 0) is 91.9 Å². The predicted octanol–water partition coefficient (Wildman–Crippen LogP) is 8.55. The predicted molar refractivity (Wildman–Crippen MR) is 165 cm³/mol. The first-order valence-electron chi connectivity index (χ1n) is 16.9. The molecule has 0 unspecified atom stereocenters. The molecule has 1 heterocycles. The zero-order chi connectivity index (χ0) is 30.8. The van der Waals surface area contributed by atoms with Gasteiger partial charge < -0.3 is 9.32 Å². The smallest absolute Gasteiger partial charge is 0.233 e. The van der Waals surface area contributed by atoms with Gasteiger partial charge in [0.1, 0.15) is 0 Å². The van der Waals surface area contributed by atoms with Crippen LogP contribution in [0.15, 0.2) is 27.9 Å². The lowest BCUT2D eigenvalue weighted by molar-refractivity contribution is -0.161. The molecule has 0 bridgehead atoms. The first kappa shape index (κ1) is 29.2. The number of hydrogen-bond donors (Lipinski definition) is 0. The Morgan fingerprint density at radius 2 is 1.63 bits per heavy atom. The fourth-order valence-electron chi connectivity index (χ4n) is 11.8. The summed E-state index contributed by atoms with van der Waals surface area (Å²) in [5, 5.41) is 4.56. The molecule has 0 radical (unpaired) electrons. The van der Waals surface area contributed by atoms with Crippen molar-refractivity contribution < 1.29 is 14.1 Å². The largest absolute Gasteiger partial charge is 0.339 e. The summed E-state index contributed by atoms with van der Waals surface area (Å²) in [6.45, 7) is 23.6. The maximum absolute atomic E-state index is 14.8. The van der Waals surface area contributed by atoms with Gasteiger partial charge in [0, 0.05) is 22.7 Å². The van der Waals surface area contributed by atoms with Crippen LogP contribution in [0, 0.1) is 51.4 Å². The van der Waals surface area contributed by atoms with Crippen LogP contribution in [0.25, 0.3) is 4.85 Å². The average molecular weight is 584 g/mol. The first-order valence-corrected chi connectivity index (χ1v) is 16.9. The molecule has 4 fully saturated rings. The first-order chi connectivity index (χ1) is 20.1. The van der Waals surface area contributed by atoms with Gasteiger partial charge in [0.15, 0.2) is 17.4 Å². The van der Waals surface area contributed by atoms with Crippen LogP contribution in [0.5, 0.6) is 0 Å². The molecule has 7 rings (SSSR count). The van der Waals surface area contributed by atoms with Crippen LogP contribution in [0.3, 0.4) is 0 Å². The second-order valence-electron chi connectivity index (χ2n) is 17.3. The summed E-state index contributed by atoms with van der Waals surface area (Å²) in [7, 11) is 0. The minimum atomic E-state index is -0.642. The molecule has 0 aliphatic heterocycles. The van der Waals surface area contributed by atoms with Crippen LogP contribution < -0.4 is 0 Å². The molecule has 0 saturated heterocycles. The molecule has 4 saturated carbocycles. The van der Waals surface area contributed by atoms with E-state index in [1.165, 1.54) is 12.8 Å². The lowest BCUT2D eigenvalue weighted by Crippen LogP contribution is -2.65. The molecular formula is C37H49N3O3. The maximum atomic E-state index is 14.8. The molecule has 0 N–H and O–H groups in total. The van der Waals surface area contributed by atoms with Crippen molar-refractivity contribution >= 4 is 11.6 Å². The highest BCUT2D eigenvalue weighted by atomic mass is 16.5. The number of carbonyl (C=O) groups excluding carboxylic acids is 2. The van der Waals surface area contributed by atoms with Gasteiger partial charge in [-0.15, -0.1) is 0 Å². The molecule has 0 aromatic carbocycles. The summed E-state index contributed by atoms with van der Waals surface area (Å²) in [5.74, 6) is 2.32. The summed E-state index contributed by atoms with van der Waals surface area (Å²) in [6, 6.07) is 0. The third-order valence-electron chi connectivity index (χ3n) is 14.4. The van der Waals surface area contributed by atoms with Crippen LogP contribution in [0.2, 0.25) is 0 Å². The van der Waals surface area contributed by atoms with E-state index in [4.69, 9.17) is 16.1 Å². The van der Waals surface area contributed by atoms with Crippen molar-refractivity contribution in [1.82, 2.24) is 10.1 Å². The van der Waals surface area contributed by atoms with E-state index in [9.17, 15) is 9.59 Å². The Balaban J connectivity index is 1.36. The molecule has 7 atom stereocenters. The summed E-state index contributed by atoms with van der Waals surface area (Å²) in [5.41, 5.74) is -0.336. The van der Waals surface area contributed by atoms with E-state index < -0.39 is 10.8 Å². The van der Waals surface area contributed by atoms with E-state index in [1.807, 2.05) is 26.0 Å². The van der Waals surface area contributed by atoms with Gasteiger partial charge >= 0.3 is 0 Å². The van der Waals surface area contributed by atoms with Crippen LogP contribution in [-0.4, -0.2) is 21.7 Å². The molecule has 230 valence electrons. The van der Waals surface area contributed by atoms with Crippen LogP contribution in [-0.2, 0) is 15.0 Å². The zero-order valence-corrected chi connectivity index (χ0v) is 27.3. The van der Waals surface area contributed by atoms with Crippen molar-refractivity contribution in [3.63, 3.8) is 0 Å². The van der Waals surface area contributed by atoms with Gasteiger partial charge in [-0.25, -0.2) is 4.85 Å². The van der Waals surface area contributed by atoms with Gasteiger partial charge in [-0.3, -0.25) is 4.79 Å². The fourth-order valence-corrected chi connectivity index (χ4v) is 11.8. The van der Waals surface area contributed by atoms with Crippen molar-refractivity contribution in [3.8, 4) is 0 Å². The minimum absolute atomic E-state index is 0.0520. The molecule has 1 aromatic heterocycles. The second-order valence-corrected chi connectivity index (χ2v) is 17.3.